The average molecular weight is 530 g/mol. The zero-order valence-electron chi connectivity index (χ0n) is 18.5. The van der Waals surface area contributed by atoms with Crippen molar-refractivity contribution in [3.63, 3.8) is 0 Å². The largest absolute Gasteiger partial charge is 0.490 e. The van der Waals surface area contributed by atoms with Crippen LogP contribution in [0.3, 0.4) is 0 Å². The van der Waals surface area contributed by atoms with Crippen molar-refractivity contribution < 1.29 is 14.4 Å². The van der Waals surface area contributed by atoms with Gasteiger partial charge in [0, 0.05) is 49.2 Å². The summed E-state index contributed by atoms with van der Waals surface area (Å²) >= 11 is 5.82. The van der Waals surface area contributed by atoms with E-state index in [-0.39, 0.29) is 30.5 Å². The molecule has 0 saturated heterocycles. The van der Waals surface area contributed by atoms with E-state index in [1.165, 1.54) is 12.1 Å². The van der Waals surface area contributed by atoms with Gasteiger partial charge in [0.1, 0.15) is 11.8 Å². The fraction of sp³-hybridized carbons (Fsp3) is 0.261. The van der Waals surface area contributed by atoms with Crippen molar-refractivity contribution in [2.24, 2.45) is 0 Å². The summed E-state index contributed by atoms with van der Waals surface area (Å²) in [5.74, 6) is 1.36. The number of benzene rings is 2. The van der Waals surface area contributed by atoms with E-state index in [0.29, 0.717) is 43.0 Å². The van der Waals surface area contributed by atoms with E-state index in [0.717, 1.165) is 23.4 Å². The predicted molar refractivity (Wildman–Crippen MR) is 139 cm³/mol. The molecule has 0 aliphatic rings. The number of aromatic nitrogens is 1. The zero-order chi connectivity index (χ0) is 22.8. The monoisotopic (exact) mass is 528 g/mol. The number of hydrogen-bond acceptors (Lipinski definition) is 7. The molecule has 1 aromatic heterocycles. The molecule has 0 unspecified atom stereocenters. The Bertz CT molecular complexity index is 1020. The Morgan fingerprint density at radius 2 is 1.71 bits per heavy atom. The second kappa shape index (κ2) is 15.2. The summed E-state index contributed by atoms with van der Waals surface area (Å²) in [4.78, 5) is 14.3. The summed E-state index contributed by atoms with van der Waals surface area (Å²) in [7, 11) is 0. The van der Waals surface area contributed by atoms with Gasteiger partial charge < -0.3 is 20.1 Å². The van der Waals surface area contributed by atoms with E-state index >= 15 is 0 Å². The first-order chi connectivity index (χ1) is 15.5. The van der Waals surface area contributed by atoms with Crippen LogP contribution in [0, 0.1) is 10.1 Å². The quantitative estimate of drug-likeness (QED) is 0.135. The number of pyridine rings is 1. The van der Waals surface area contributed by atoms with Crippen LogP contribution in [-0.2, 0) is 13.2 Å². The molecular formula is C23H27Cl3N4O4. The molecule has 0 spiro atoms. The van der Waals surface area contributed by atoms with E-state index in [1.807, 2.05) is 31.2 Å². The lowest BCUT2D eigenvalue weighted by Crippen LogP contribution is -2.21. The van der Waals surface area contributed by atoms with Crippen LogP contribution < -0.4 is 20.1 Å². The molecule has 0 bridgehead atoms. The Morgan fingerprint density at radius 1 is 0.971 bits per heavy atom. The number of rotatable bonds is 12. The zero-order valence-corrected chi connectivity index (χ0v) is 20.9. The van der Waals surface area contributed by atoms with Crippen molar-refractivity contribution >= 4 is 47.8 Å². The minimum absolute atomic E-state index is 0. The number of nitro benzene ring substituents is 1. The van der Waals surface area contributed by atoms with Crippen LogP contribution in [0.5, 0.6) is 11.5 Å². The molecule has 3 aromatic rings. The number of nitrogens with one attached hydrogen (secondary N) is 2. The van der Waals surface area contributed by atoms with Crippen LogP contribution in [0.2, 0.25) is 5.15 Å². The number of nitro groups is 1. The van der Waals surface area contributed by atoms with Crippen molar-refractivity contribution in [2.75, 3.05) is 25.0 Å². The smallest absolute Gasteiger partial charge is 0.269 e. The fourth-order valence-electron chi connectivity index (χ4n) is 2.93. The topological polar surface area (TPSA) is 98.5 Å². The minimum atomic E-state index is -0.410. The second-order valence-electron chi connectivity index (χ2n) is 6.90. The maximum absolute atomic E-state index is 10.7. The highest BCUT2D eigenvalue weighted by Gasteiger charge is 2.08. The molecule has 8 nitrogen and oxygen atoms in total. The van der Waals surface area contributed by atoms with E-state index < -0.39 is 4.92 Å². The van der Waals surface area contributed by atoms with Crippen molar-refractivity contribution in [3.05, 3.63) is 87.2 Å². The SMILES string of the molecule is CCOc1cc(CNCCNc2ccc([N+](=O)[O-])cc2)ccc1OCc1ccc(Cl)nc1.Cl.Cl. The van der Waals surface area contributed by atoms with Gasteiger partial charge in [-0.25, -0.2) is 4.98 Å². The number of hydrogen-bond donors (Lipinski definition) is 2. The van der Waals surface area contributed by atoms with Gasteiger partial charge >= 0.3 is 0 Å². The summed E-state index contributed by atoms with van der Waals surface area (Å²) in [5.41, 5.74) is 2.91. The van der Waals surface area contributed by atoms with Gasteiger partial charge in [0.25, 0.3) is 5.69 Å². The average Bonchev–Trinajstić information content (AvgIpc) is 2.80. The molecule has 1 heterocycles. The van der Waals surface area contributed by atoms with Crippen molar-refractivity contribution in [1.29, 1.82) is 0 Å². The molecule has 3 rings (SSSR count). The predicted octanol–water partition coefficient (Wildman–Crippen LogP) is 5.67. The molecule has 184 valence electrons. The third kappa shape index (κ3) is 9.23. The summed E-state index contributed by atoms with van der Waals surface area (Å²) < 4.78 is 11.7. The first kappa shape index (κ1) is 29.3. The summed E-state index contributed by atoms with van der Waals surface area (Å²) in [6.45, 7) is 4.92. The van der Waals surface area contributed by atoms with Gasteiger partial charge in [-0.1, -0.05) is 23.7 Å². The van der Waals surface area contributed by atoms with Gasteiger partial charge in [-0.15, -0.1) is 24.8 Å². The summed E-state index contributed by atoms with van der Waals surface area (Å²) in [6, 6.07) is 15.8. The number of non-ortho nitro benzene ring substituents is 1. The van der Waals surface area contributed by atoms with Crippen molar-refractivity contribution in [2.45, 2.75) is 20.1 Å². The molecule has 0 saturated carbocycles. The highest BCUT2D eigenvalue weighted by molar-refractivity contribution is 6.29. The summed E-state index contributed by atoms with van der Waals surface area (Å²) in [6.07, 6.45) is 1.69. The Hall–Kier alpha value is -2.78. The Balaban J connectivity index is 0.00000289. The lowest BCUT2D eigenvalue weighted by atomic mass is 10.2. The molecule has 0 aliphatic heterocycles. The van der Waals surface area contributed by atoms with Gasteiger partial charge in [0.2, 0.25) is 0 Å². The molecule has 0 radical (unpaired) electrons. The maximum atomic E-state index is 10.7. The minimum Gasteiger partial charge on any atom is -0.490 e. The number of ether oxygens (including phenoxy) is 2. The molecule has 34 heavy (non-hydrogen) atoms. The van der Waals surface area contributed by atoms with Gasteiger partial charge in [0.05, 0.1) is 11.5 Å². The van der Waals surface area contributed by atoms with E-state index in [2.05, 4.69) is 15.6 Å². The second-order valence-corrected chi connectivity index (χ2v) is 7.29. The van der Waals surface area contributed by atoms with Crippen LogP contribution in [0.15, 0.2) is 60.8 Å². The Kier molecular flexibility index (Phi) is 13.1. The van der Waals surface area contributed by atoms with Crippen LogP contribution in [0.25, 0.3) is 0 Å². The maximum Gasteiger partial charge on any atom is 0.269 e. The molecule has 2 N–H and O–H groups in total. The van der Waals surface area contributed by atoms with Gasteiger partial charge in [0.15, 0.2) is 11.5 Å². The van der Waals surface area contributed by atoms with Gasteiger partial charge in [-0.05, 0) is 42.8 Å². The highest BCUT2D eigenvalue weighted by Crippen LogP contribution is 2.29. The third-order valence-corrected chi connectivity index (χ3v) is 4.75. The van der Waals surface area contributed by atoms with Gasteiger partial charge in [-0.3, -0.25) is 10.1 Å². The van der Waals surface area contributed by atoms with Crippen molar-refractivity contribution in [3.8, 4) is 11.5 Å². The fourth-order valence-corrected chi connectivity index (χ4v) is 3.04. The molecule has 0 amide bonds. The van der Waals surface area contributed by atoms with Crippen LogP contribution in [-0.4, -0.2) is 29.6 Å². The molecule has 0 aliphatic carbocycles. The lowest BCUT2D eigenvalue weighted by molar-refractivity contribution is -0.384. The third-order valence-electron chi connectivity index (χ3n) is 4.53. The molecule has 2 aromatic carbocycles. The Morgan fingerprint density at radius 3 is 2.35 bits per heavy atom. The van der Waals surface area contributed by atoms with Crippen LogP contribution in [0.1, 0.15) is 18.1 Å². The molecular weight excluding hydrogens is 503 g/mol. The standard InChI is InChI=1S/C23H25ClN4O4.2ClH/c1-2-31-22-13-17(3-9-21(22)32-16-18-4-10-23(24)27-15-18)14-25-11-12-26-19-5-7-20(8-6-19)28(29)30;;/h3-10,13,15,25-26H,2,11-12,14,16H2,1H3;2*1H. The normalized spacial score (nSPS) is 9.94. The molecule has 0 atom stereocenters. The number of nitrogens with zero attached hydrogens (tertiary/aromatic N) is 2. The lowest BCUT2D eigenvalue weighted by Gasteiger charge is -2.14. The van der Waals surface area contributed by atoms with E-state index in [9.17, 15) is 10.1 Å². The van der Waals surface area contributed by atoms with Crippen molar-refractivity contribution in [1.82, 2.24) is 10.3 Å². The van der Waals surface area contributed by atoms with Gasteiger partial charge in [-0.2, -0.15) is 0 Å². The van der Waals surface area contributed by atoms with Crippen LogP contribution in [0.4, 0.5) is 11.4 Å². The van der Waals surface area contributed by atoms with Crippen LogP contribution >= 0.6 is 36.4 Å². The first-order valence-electron chi connectivity index (χ1n) is 10.2. The highest BCUT2D eigenvalue weighted by atomic mass is 35.5. The number of anilines is 1. The Labute approximate surface area is 216 Å². The van der Waals surface area contributed by atoms with E-state index in [4.69, 9.17) is 21.1 Å². The first-order valence-corrected chi connectivity index (χ1v) is 10.6. The number of halogens is 3. The molecule has 0 fully saturated rings. The summed E-state index contributed by atoms with van der Waals surface area (Å²) in [5, 5.41) is 17.7. The molecule has 11 heteroatoms. The van der Waals surface area contributed by atoms with E-state index in [1.54, 1.807) is 24.4 Å².